The second-order valence-electron chi connectivity index (χ2n) is 4.17. The highest BCUT2D eigenvalue weighted by molar-refractivity contribution is 7.84. The van der Waals surface area contributed by atoms with Crippen molar-refractivity contribution in [2.24, 2.45) is 0 Å². The minimum atomic E-state index is -0.824. The molecule has 0 saturated carbocycles. The van der Waals surface area contributed by atoms with Crippen molar-refractivity contribution in [3.05, 3.63) is 0 Å². The molecule has 0 aliphatic rings. The van der Waals surface area contributed by atoms with E-state index in [1.165, 1.54) is 0 Å². The molecular weight excluding hydrogens is 266 g/mol. The molecular formula is C11H21N5O2S. The quantitative estimate of drug-likeness (QED) is 0.729. The Bertz CT molecular complexity index is 430. The van der Waals surface area contributed by atoms with Gasteiger partial charge in [-0.05, 0) is 12.8 Å². The van der Waals surface area contributed by atoms with Crippen molar-refractivity contribution in [1.29, 1.82) is 0 Å². The van der Waals surface area contributed by atoms with Gasteiger partial charge in [0.05, 0.1) is 6.61 Å². The molecule has 0 aliphatic carbocycles. The molecule has 19 heavy (non-hydrogen) atoms. The molecule has 1 heterocycles. The first-order chi connectivity index (χ1) is 9.02. The van der Waals surface area contributed by atoms with Gasteiger partial charge in [-0.25, -0.2) is 0 Å². The van der Waals surface area contributed by atoms with Gasteiger partial charge in [-0.15, -0.1) is 0 Å². The zero-order valence-electron chi connectivity index (χ0n) is 11.5. The van der Waals surface area contributed by atoms with Gasteiger partial charge in [-0.3, -0.25) is 4.21 Å². The predicted molar refractivity (Wildman–Crippen MR) is 76.7 cm³/mol. The molecule has 0 fully saturated rings. The monoisotopic (exact) mass is 287 g/mol. The molecule has 0 amide bonds. The van der Waals surface area contributed by atoms with Crippen LogP contribution in [0.15, 0.2) is 0 Å². The Morgan fingerprint density at radius 1 is 1.42 bits per heavy atom. The normalized spacial score (nSPS) is 13.8. The fraction of sp³-hybridized carbons (Fsp3) is 0.727. The lowest BCUT2D eigenvalue weighted by atomic mass is 10.3. The van der Waals surface area contributed by atoms with Crippen molar-refractivity contribution in [3.8, 4) is 6.01 Å². The Kier molecular flexibility index (Phi) is 6.48. The molecule has 1 aromatic rings. The molecule has 0 aromatic carbocycles. The maximum atomic E-state index is 11.2. The van der Waals surface area contributed by atoms with Crippen LogP contribution < -0.4 is 15.8 Å². The van der Waals surface area contributed by atoms with Gasteiger partial charge in [-0.1, -0.05) is 13.8 Å². The average Bonchev–Trinajstić information content (AvgIpc) is 2.35. The highest BCUT2D eigenvalue weighted by Crippen LogP contribution is 2.09. The maximum Gasteiger partial charge on any atom is 0.323 e. The summed E-state index contributed by atoms with van der Waals surface area (Å²) >= 11 is 0. The lowest BCUT2D eigenvalue weighted by Crippen LogP contribution is -2.16. The van der Waals surface area contributed by atoms with Crippen LogP contribution in [0.1, 0.15) is 26.7 Å². The van der Waals surface area contributed by atoms with Gasteiger partial charge < -0.3 is 15.8 Å². The lowest BCUT2D eigenvalue weighted by Gasteiger charge is -2.10. The van der Waals surface area contributed by atoms with Crippen molar-refractivity contribution >= 4 is 22.7 Å². The molecule has 108 valence electrons. The Labute approximate surface area is 115 Å². The van der Waals surface area contributed by atoms with E-state index >= 15 is 0 Å². The predicted octanol–water partition coefficient (Wildman–Crippen LogP) is 0.812. The number of rotatable bonds is 8. The van der Waals surface area contributed by atoms with Crippen molar-refractivity contribution in [1.82, 2.24) is 15.0 Å². The molecule has 2 unspecified atom stereocenters. The number of ether oxygens (including phenoxy) is 1. The SMILES string of the molecule is CCCOc1nc(N)nc(NCCC(C)S(C)=O)n1. The summed E-state index contributed by atoms with van der Waals surface area (Å²) in [7, 11) is -0.824. The lowest BCUT2D eigenvalue weighted by molar-refractivity contribution is 0.292. The van der Waals surface area contributed by atoms with Gasteiger partial charge in [0, 0.05) is 28.9 Å². The van der Waals surface area contributed by atoms with Crippen LogP contribution in [0.4, 0.5) is 11.9 Å². The largest absolute Gasteiger partial charge is 0.463 e. The van der Waals surface area contributed by atoms with Crippen LogP contribution in [0.2, 0.25) is 0 Å². The van der Waals surface area contributed by atoms with Crippen LogP contribution in [-0.2, 0) is 10.8 Å². The number of nitrogen functional groups attached to an aromatic ring is 1. The van der Waals surface area contributed by atoms with Crippen LogP contribution in [0, 0.1) is 0 Å². The molecule has 2 atom stereocenters. The van der Waals surface area contributed by atoms with E-state index in [2.05, 4.69) is 20.3 Å². The highest BCUT2D eigenvalue weighted by Gasteiger charge is 2.08. The third kappa shape index (κ3) is 5.82. The Morgan fingerprint density at radius 2 is 2.16 bits per heavy atom. The Balaban J connectivity index is 2.53. The molecule has 0 bridgehead atoms. The molecule has 7 nitrogen and oxygen atoms in total. The Hall–Kier alpha value is -1.44. The fourth-order valence-electron chi connectivity index (χ4n) is 1.26. The number of hydrogen-bond acceptors (Lipinski definition) is 7. The van der Waals surface area contributed by atoms with Gasteiger partial charge in [0.1, 0.15) is 0 Å². The summed E-state index contributed by atoms with van der Waals surface area (Å²) in [4.78, 5) is 12.0. The van der Waals surface area contributed by atoms with E-state index in [0.29, 0.717) is 19.1 Å². The second kappa shape index (κ2) is 7.88. The average molecular weight is 287 g/mol. The smallest absolute Gasteiger partial charge is 0.323 e. The number of anilines is 2. The van der Waals surface area contributed by atoms with Crippen LogP contribution in [0.25, 0.3) is 0 Å². The van der Waals surface area contributed by atoms with E-state index in [-0.39, 0.29) is 17.2 Å². The summed E-state index contributed by atoms with van der Waals surface area (Å²) < 4.78 is 16.5. The van der Waals surface area contributed by atoms with Gasteiger partial charge in [0.2, 0.25) is 11.9 Å². The maximum absolute atomic E-state index is 11.2. The number of aromatic nitrogens is 3. The standard InChI is InChI=1S/C11H21N5O2S/c1-4-7-18-11-15-9(12)14-10(16-11)13-6-5-8(2)19(3)17/h8H,4-7H2,1-3H3,(H3,12,13,14,15,16). The summed E-state index contributed by atoms with van der Waals surface area (Å²) in [6, 6.07) is 0.226. The summed E-state index contributed by atoms with van der Waals surface area (Å²) in [6.45, 7) is 5.09. The molecule has 0 radical (unpaired) electrons. The molecule has 1 rings (SSSR count). The molecule has 8 heteroatoms. The third-order valence-electron chi connectivity index (χ3n) is 2.47. The van der Waals surface area contributed by atoms with Gasteiger partial charge in [0.15, 0.2) is 0 Å². The first-order valence-corrected chi connectivity index (χ1v) is 7.85. The summed E-state index contributed by atoms with van der Waals surface area (Å²) in [5, 5.41) is 3.16. The van der Waals surface area contributed by atoms with Crippen LogP contribution in [-0.4, -0.2) is 43.8 Å². The second-order valence-corrected chi connectivity index (χ2v) is 5.97. The summed E-state index contributed by atoms with van der Waals surface area (Å²) in [6.07, 6.45) is 3.33. The molecule has 0 saturated heterocycles. The zero-order chi connectivity index (χ0) is 14.3. The first-order valence-electron chi connectivity index (χ1n) is 6.23. The molecule has 1 aromatic heterocycles. The van der Waals surface area contributed by atoms with Crippen molar-refractivity contribution < 1.29 is 8.95 Å². The minimum Gasteiger partial charge on any atom is -0.463 e. The zero-order valence-corrected chi connectivity index (χ0v) is 12.4. The van der Waals surface area contributed by atoms with Gasteiger partial charge in [0.25, 0.3) is 0 Å². The van der Waals surface area contributed by atoms with Crippen LogP contribution >= 0.6 is 0 Å². The highest BCUT2D eigenvalue weighted by atomic mass is 32.2. The molecule has 3 N–H and O–H groups in total. The van der Waals surface area contributed by atoms with E-state index in [0.717, 1.165) is 12.8 Å². The van der Waals surface area contributed by atoms with Gasteiger partial charge >= 0.3 is 6.01 Å². The first kappa shape index (κ1) is 15.6. The van der Waals surface area contributed by atoms with E-state index in [1.54, 1.807) is 6.26 Å². The van der Waals surface area contributed by atoms with Crippen LogP contribution in [0.5, 0.6) is 6.01 Å². The Morgan fingerprint density at radius 3 is 2.79 bits per heavy atom. The van der Waals surface area contributed by atoms with Crippen molar-refractivity contribution in [3.63, 3.8) is 0 Å². The van der Waals surface area contributed by atoms with E-state index in [1.807, 2.05) is 13.8 Å². The van der Waals surface area contributed by atoms with E-state index < -0.39 is 10.8 Å². The van der Waals surface area contributed by atoms with Crippen LogP contribution in [0.3, 0.4) is 0 Å². The number of nitrogens with two attached hydrogens (primary N) is 1. The van der Waals surface area contributed by atoms with Crippen molar-refractivity contribution in [2.45, 2.75) is 31.9 Å². The topological polar surface area (TPSA) is 103 Å². The molecule has 0 spiro atoms. The van der Waals surface area contributed by atoms with Crippen molar-refractivity contribution in [2.75, 3.05) is 30.5 Å². The minimum absolute atomic E-state index is 0.121. The van der Waals surface area contributed by atoms with Gasteiger partial charge in [-0.2, -0.15) is 15.0 Å². The fourth-order valence-corrected chi connectivity index (χ4v) is 1.71. The number of nitrogens with zero attached hydrogens (tertiary/aromatic N) is 3. The van der Waals surface area contributed by atoms with E-state index in [9.17, 15) is 4.21 Å². The number of nitrogens with one attached hydrogen (secondary N) is 1. The summed E-state index contributed by atoms with van der Waals surface area (Å²) in [5.41, 5.74) is 5.58. The number of hydrogen-bond donors (Lipinski definition) is 2. The van der Waals surface area contributed by atoms with E-state index in [4.69, 9.17) is 10.5 Å². The summed E-state index contributed by atoms with van der Waals surface area (Å²) in [5.74, 6) is 0.503. The molecule has 0 aliphatic heterocycles. The third-order valence-corrected chi connectivity index (χ3v) is 3.84.